The van der Waals surface area contributed by atoms with Crippen molar-refractivity contribution in [1.29, 1.82) is 0 Å². The quantitative estimate of drug-likeness (QED) is 0.325. The number of ketones is 1. The number of rotatable bonds is 7. The Labute approximate surface area is 166 Å². The van der Waals surface area contributed by atoms with Crippen molar-refractivity contribution in [1.82, 2.24) is 14.8 Å². The van der Waals surface area contributed by atoms with E-state index in [0.29, 0.717) is 5.75 Å². The predicted molar refractivity (Wildman–Crippen MR) is 112 cm³/mol. The maximum absolute atomic E-state index is 12.6. The van der Waals surface area contributed by atoms with E-state index in [2.05, 4.69) is 39.2 Å². The average Bonchev–Trinajstić information content (AvgIpc) is 3.35. The van der Waals surface area contributed by atoms with E-state index in [1.54, 1.807) is 11.3 Å². The highest BCUT2D eigenvalue weighted by Gasteiger charge is 2.15. The predicted octanol–water partition coefficient (Wildman–Crippen LogP) is 5.08. The molecule has 0 saturated carbocycles. The van der Waals surface area contributed by atoms with Crippen LogP contribution in [0.25, 0.3) is 10.8 Å². The van der Waals surface area contributed by atoms with Gasteiger partial charge in [-0.2, -0.15) is 0 Å². The molecule has 2 aromatic carbocycles. The van der Waals surface area contributed by atoms with Gasteiger partial charge in [-0.15, -0.1) is 21.5 Å². The van der Waals surface area contributed by atoms with Crippen molar-refractivity contribution in [3.63, 3.8) is 0 Å². The van der Waals surface area contributed by atoms with E-state index in [4.69, 9.17) is 0 Å². The summed E-state index contributed by atoms with van der Waals surface area (Å²) in [6, 6.07) is 18.1. The van der Waals surface area contributed by atoms with Crippen LogP contribution in [0.1, 0.15) is 28.0 Å². The molecule has 4 nitrogen and oxygen atoms in total. The monoisotopic (exact) mass is 393 g/mol. The van der Waals surface area contributed by atoms with E-state index in [9.17, 15) is 4.79 Å². The molecular formula is C21H19N3OS2. The fourth-order valence-corrected chi connectivity index (χ4v) is 4.64. The molecule has 4 rings (SSSR count). The highest BCUT2D eigenvalue weighted by Crippen LogP contribution is 2.22. The number of nitrogens with zero attached hydrogens (tertiary/aromatic N) is 3. The number of fused-ring (bicyclic) bond motifs is 1. The summed E-state index contributed by atoms with van der Waals surface area (Å²) in [5, 5.41) is 13.8. The van der Waals surface area contributed by atoms with Gasteiger partial charge in [0, 0.05) is 23.4 Å². The van der Waals surface area contributed by atoms with Crippen molar-refractivity contribution >= 4 is 39.7 Å². The molecule has 0 aliphatic heterocycles. The number of hydrogen-bond donors (Lipinski definition) is 0. The lowest BCUT2D eigenvalue weighted by atomic mass is 10.1. The molecular weight excluding hydrogens is 374 g/mol. The van der Waals surface area contributed by atoms with E-state index >= 15 is 0 Å². The molecule has 0 saturated heterocycles. The lowest BCUT2D eigenvalue weighted by molar-refractivity contribution is 0.102. The fourth-order valence-electron chi connectivity index (χ4n) is 3.02. The summed E-state index contributed by atoms with van der Waals surface area (Å²) < 4.78 is 2.10. The molecule has 27 heavy (non-hydrogen) atoms. The molecule has 0 atom stereocenters. The number of Topliss-reactive ketones (excluding diaryl/α,β-unsaturated/α-hetero) is 1. The average molecular weight is 394 g/mol. The molecule has 0 amide bonds. The van der Waals surface area contributed by atoms with Gasteiger partial charge in [-0.1, -0.05) is 54.2 Å². The van der Waals surface area contributed by atoms with Crippen molar-refractivity contribution in [3.05, 3.63) is 76.2 Å². The first-order chi connectivity index (χ1) is 13.2. The van der Waals surface area contributed by atoms with Crippen LogP contribution < -0.4 is 0 Å². The van der Waals surface area contributed by atoms with Gasteiger partial charge in [0.1, 0.15) is 5.82 Å². The van der Waals surface area contributed by atoms with Crippen molar-refractivity contribution in [2.45, 2.75) is 25.0 Å². The van der Waals surface area contributed by atoms with E-state index in [1.807, 2.05) is 42.5 Å². The number of thiophene rings is 1. The number of carbonyl (C=O) groups is 1. The summed E-state index contributed by atoms with van der Waals surface area (Å²) in [5.74, 6) is 1.41. The summed E-state index contributed by atoms with van der Waals surface area (Å²) in [6.45, 7) is 2.87. The maximum atomic E-state index is 12.6. The number of aromatic nitrogens is 3. The highest BCUT2D eigenvalue weighted by atomic mass is 32.2. The smallest absolute Gasteiger partial charge is 0.191 e. The van der Waals surface area contributed by atoms with Gasteiger partial charge >= 0.3 is 0 Å². The maximum Gasteiger partial charge on any atom is 0.191 e. The molecule has 0 bridgehead atoms. The third kappa shape index (κ3) is 3.96. The van der Waals surface area contributed by atoms with Crippen LogP contribution in [0.4, 0.5) is 0 Å². The van der Waals surface area contributed by atoms with Gasteiger partial charge in [0.05, 0.1) is 5.75 Å². The zero-order chi connectivity index (χ0) is 18.6. The fraction of sp³-hybridized carbons (Fsp3) is 0.190. The molecule has 0 aliphatic carbocycles. The molecule has 136 valence electrons. The molecule has 2 aromatic heterocycles. The van der Waals surface area contributed by atoms with Gasteiger partial charge in [0.25, 0.3) is 0 Å². The van der Waals surface area contributed by atoms with Crippen LogP contribution in [0.5, 0.6) is 0 Å². The molecule has 0 N–H and O–H groups in total. The Hall–Kier alpha value is -2.44. The summed E-state index contributed by atoms with van der Waals surface area (Å²) in [7, 11) is 0. The molecule has 0 unspecified atom stereocenters. The van der Waals surface area contributed by atoms with Crippen LogP contribution in [0.2, 0.25) is 0 Å². The Balaban J connectivity index is 1.47. The minimum Gasteiger partial charge on any atom is -0.306 e. The lowest BCUT2D eigenvalue weighted by Gasteiger charge is -2.07. The minimum absolute atomic E-state index is 0.108. The Morgan fingerprint density at radius 3 is 2.70 bits per heavy atom. The van der Waals surface area contributed by atoms with Crippen LogP contribution in [-0.2, 0) is 13.0 Å². The molecule has 2 heterocycles. The Morgan fingerprint density at radius 1 is 1.07 bits per heavy atom. The molecule has 0 aliphatic rings. The highest BCUT2D eigenvalue weighted by molar-refractivity contribution is 7.99. The van der Waals surface area contributed by atoms with Gasteiger partial charge in [0.2, 0.25) is 0 Å². The third-order valence-electron chi connectivity index (χ3n) is 4.43. The van der Waals surface area contributed by atoms with E-state index in [0.717, 1.165) is 40.3 Å². The van der Waals surface area contributed by atoms with Crippen molar-refractivity contribution in [2.75, 3.05) is 5.75 Å². The van der Waals surface area contributed by atoms with Crippen LogP contribution in [-0.4, -0.2) is 26.3 Å². The molecule has 4 aromatic rings. The first-order valence-electron chi connectivity index (χ1n) is 8.84. The third-order valence-corrected chi connectivity index (χ3v) is 6.27. The Kier molecular flexibility index (Phi) is 5.36. The van der Waals surface area contributed by atoms with Gasteiger partial charge < -0.3 is 4.57 Å². The van der Waals surface area contributed by atoms with Crippen LogP contribution in [0, 0.1) is 0 Å². The number of carbonyl (C=O) groups excluding carboxylic acids is 1. The van der Waals surface area contributed by atoms with Crippen molar-refractivity contribution in [3.8, 4) is 0 Å². The van der Waals surface area contributed by atoms with Crippen LogP contribution >= 0.6 is 23.1 Å². The number of thioether (sulfide) groups is 1. The second kappa shape index (κ2) is 8.06. The van der Waals surface area contributed by atoms with E-state index < -0.39 is 0 Å². The SMILES string of the molecule is CCn1c(Cc2cccs2)nnc1SCC(=O)c1ccc2ccccc2c1. The topological polar surface area (TPSA) is 47.8 Å². The standard InChI is InChI=1S/C21H19N3OS2/c1-2-24-20(13-18-8-5-11-26-18)22-23-21(24)27-14-19(25)17-10-9-15-6-3-4-7-16(15)12-17/h3-12H,2,13-14H2,1H3. The second-order valence-corrected chi connectivity index (χ2v) is 8.15. The normalized spacial score (nSPS) is 11.1. The molecule has 0 fully saturated rings. The Bertz CT molecular complexity index is 1070. The van der Waals surface area contributed by atoms with E-state index in [1.165, 1.54) is 16.6 Å². The zero-order valence-electron chi connectivity index (χ0n) is 15.0. The lowest BCUT2D eigenvalue weighted by Crippen LogP contribution is -2.06. The second-order valence-electron chi connectivity index (χ2n) is 6.17. The number of hydrogen-bond acceptors (Lipinski definition) is 5. The molecule has 0 radical (unpaired) electrons. The van der Waals surface area contributed by atoms with Gasteiger partial charge in [-0.3, -0.25) is 4.79 Å². The zero-order valence-corrected chi connectivity index (χ0v) is 16.6. The largest absolute Gasteiger partial charge is 0.306 e. The van der Waals surface area contributed by atoms with Gasteiger partial charge in [-0.25, -0.2) is 0 Å². The van der Waals surface area contributed by atoms with Crippen LogP contribution in [0.3, 0.4) is 0 Å². The van der Waals surface area contributed by atoms with Crippen LogP contribution in [0.15, 0.2) is 65.1 Å². The summed E-state index contributed by atoms with van der Waals surface area (Å²) in [6.07, 6.45) is 0.775. The summed E-state index contributed by atoms with van der Waals surface area (Å²) >= 11 is 3.18. The first-order valence-corrected chi connectivity index (χ1v) is 10.7. The van der Waals surface area contributed by atoms with E-state index in [-0.39, 0.29) is 5.78 Å². The minimum atomic E-state index is 0.108. The molecule has 0 spiro atoms. The number of benzene rings is 2. The van der Waals surface area contributed by atoms with Crippen molar-refractivity contribution < 1.29 is 4.79 Å². The van der Waals surface area contributed by atoms with Crippen molar-refractivity contribution in [2.24, 2.45) is 0 Å². The van der Waals surface area contributed by atoms with Gasteiger partial charge in [0.15, 0.2) is 10.9 Å². The summed E-state index contributed by atoms with van der Waals surface area (Å²) in [4.78, 5) is 13.9. The van der Waals surface area contributed by atoms with Gasteiger partial charge in [-0.05, 0) is 35.2 Å². The first kappa shape index (κ1) is 17.9. The molecule has 6 heteroatoms. The Morgan fingerprint density at radius 2 is 1.93 bits per heavy atom. The summed E-state index contributed by atoms with van der Waals surface area (Å²) in [5.41, 5.74) is 0.738.